The number of Topliss-reactive ketones (excluding diaryl/α,β-unsaturated/α-hetero) is 1. The molecule has 0 aliphatic heterocycles. The molecular formula is C12H12O3. The highest BCUT2D eigenvalue weighted by Gasteiger charge is 2.36. The Morgan fingerprint density at radius 3 is 2.73 bits per heavy atom. The summed E-state index contributed by atoms with van der Waals surface area (Å²) in [6.45, 7) is 1.69. The summed E-state index contributed by atoms with van der Waals surface area (Å²) in [4.78, 5) is 22.8. The lowest BCUT2D eigenvalue weighted by atomic mass is 9.76. The SMILES string of the molecule is C[C@@H]1C(=O)c2ccccc2C[C@@H]1C(=O)O. The molecule has 15 heavy (non-hydrogen) atoms. The Balaban J connectivity index is 2.45. The number of aliphatic carboxylic acids is 1. The molecule has 1 aliphatic rings. The molecule has 3 heteroatoms. The standard InChI is InChI=1S/C12H12O3/c1-7-10(12(14)15)6-8-4-2-3-5-9(8)11(7)13/h2-5,7,10H,6H2,1H3,(H,14,15)/t7-,10-/m0/s1. The van der Waals surface area contributed by atoms with Gasteiger partial charge in [0.25, 0.3) is 0 Å². The smallest absolute Gasteiger partial charge is 0.307 e. The highest BCUT2D eigenvalue weighted by atomic mass is 16.4. The van der Waals surface area contributed by atoms with E-state index in [-0.39, 0.29) is 5.78 Å². The minimum Gasteiger partial charge on any atom is -0.481 e. The number of hydrogen-bond acceptors (Lipinski definition) is 2. The topological polar surface area (TPSA) is 54.4 Å². The fraction of sp³-hybridized carbons (Fsp3) is 0.333. The molecular weight excluding hydrogens is 192 g/mol. The summed E-state index contributed by atoms with van der Waals surface area (Å²) in [5, 5.41) is 9.00. The second-order valence-corrected chi connectivity index (χ2v) is 3.96. The quantitative estimate of drug-likeness (QED) is 0.758. The van der Waals surface area contributed by atoms with Crippen molar-refractivity contribution in [1.29, 1.82) is 0 Å². The first-order valence-corrected chi connectivity index (χ1v) is 4.96. The van der Waals surface area contributed by atoms with Crippen LogP contribution in [0.4, 0.5) is 0 Å². The molecule has 0 unspecified atom stereocenters. The number of carboxylic acid groups (broad SMARTS) is 1. The third kappa shape index (κ3) is 1.54. The molecule has 0 amide bonds. The van der Waals surface area contributed by atoms with E-state index < -0.39 is 17.8 Å². The Morgan fingerprint density at radius 1 is 1.40 bits per heavy atom. The number of ketones is 1. The van der Waals surface area contributed by atoms with Crippen molar-refractivity contribution >= 4 is 11.8 Å². The van der Waals surface area contributed by atoms with Gasteiger partial charge in [0, 0.05) is 11.5 Å². The zero-order chi connectivity index (χ0) is 11.0. The fourth-order valence-corrected chi connectivity index (χ4v) is 2.08. The van der Waals surface area contributed by atoms with Gasteiger partial charge in [0.1, 0.15) is 0 Å². The van der Waals surface area contributed by atoms with Crippen LogP contribution in [0.2, 0.25) is 0 Å². The summed E-state index contributed by atoms with van der Waals surface area (Å²) >= 11 is 0. The van der Waals surface area contributed by atoms with Crippen molar-refractivity contribution in [2.75, 3.05) is 0 Å². The van der Waals surface area contributed by atoms with Gasteiger partial charge < -0.3 is 5.11 Å². The van der Waals surface area contributed by atoms with Crippen molar-refractivity contribution in [3.63, 3.8) is 0 Å². The van der Waals surface area contributed by atoms with Crippen LogP contribution in [-0.2, 0) is 11.2 Å². The molecule has 78 valence electrons. The molecule has 0 bridgehead atoms. The minimum atomic E-state index is -0.884. The fourth-order valence-electron chi connectivity index (χ4n) is 2.08. The van der Waals surface area contributed by atoms with E-state index in [0.29, 0.717) is 12.0 Å². The molecule has 0 fully saturated rings. The molecule has 0 saturated heterocycles. The Bertz CT molecular complexity index is 423. The number of rotatable bonds is 1. The Labute approximate surface area is 87.7 Å². The predicted octanol–water partition coefficient (Wildman–Crippen LogP) is 1.76. The van der Waals surface area contributed by atoms with E-state index in [1.165, 1.54) is 0 Å². The third-order valence-electron chi connectivity index (χ3n) is 3.06. The van der Waals surface area contributed by atoms with Crippen molar-refractivity contribution in [2.45, 2.75) is 13.3 Å². The molecule has 2 atom stereocenters. The number of carbonyl (C=O) groups is 2. The summed E-state index contributed by atoms with van der Waals surface area (Å²) < 4.78 is 0. The van der Waals surface area contributed by atoms with Crippen molar-refractivity contribution < 1.29 is 14.7 Å². The number of hydrogen-bond donors (Lipinski definition) is 1. The molecule has 0 saturated carbocycles. The zero-order valence-electron chi connectivity index (χ0n) is 8.43. The number of fused-ring (bicyclic) bond motifs is 1. The van der Waals surface area contributed by atoms with Gasteiger partial charge in [-0.1, -0.05) is 31.2 Å². The number of benzene rings is 1. The van der Waals surface area contributed by atoms with E-state index in [9.17, 15) is 9.59 Å². The number of carbonyl (C=O) groups excluding carboxylic acids is 1. The van der Waals surface area contributed by atoms with Crippen molar-refractivity contribution in [1.82, 2.24) is 0 Å². The van der Waals surface area contributed by atoms with Crippen LogP contribution >= 0.6 is 0 Å². The second-order valence-electron chi connectivity index (χ2n) is 3.96. The third-order valence-corrected chi connectivity index (χ3v) is 3.06. The Morgan fingerprint density at radius 2 is 2.07 bits per heavy atom. The van der Waals surface area contributed by atoms with E-state index in [1.807, 2.05) is 18.2 Å². The van der Waals surface area contributed by atoms with E-state index in [0.717, 1.165) is 5.56 Å². The first-order chi connectivity index (χ1) is 7.11. The maximum atomic E-state index is 11.9. The van der Waals surface area contributed by atoms with E-state index in [2.05, 4.69) is 0 Å². The summed E-state index contributed by atoms with van der Waals surface area (Å²) in [6.07, 6.45) is 0.457. The summed E-state index contributed by atoms with van der Waals surface area (Å²) in [6, 6.07) is 7.24. The molecule has 0 heterocycles. The van der Waals surface area contributed by atoms with Crippen LogP contribution in [0.25, 0.3) is 0 Å². The maximum Gasteiger partial charge on any atom is 0.307 e. The van der Waals surface area contributed by atoms with Gasteiger partial charge in [0.15, 0.2) is 5.78 Å². The minimum absolute atomic E-state index is 0.0516. The molecule has 1 aliphatic carbocycles. The molecule has 0 spiro atoms. The molecule has 3 nitrogen and oxygen atoms in total. The number of carboxylic acids is 1. The average Bonchev–Trinajstić information content (AvgIpc) is 2.23. The van der Waals surface area contributed by atoms with E-state index in [1.54, 1.807) is 13.0 Å². The molecule has 0 aromatic heterocycles. The van der Waals surface area contributed by atoms with Gasteiger partial charge in [0.2, 0.25) is 0 Å². The second kappa shape index (κ2) is 3.50. The molecule has 1 aromatic carbocycles. The van der Waals surface area contributed by atoms with Crippen LogP contribution in [0.1, 0.15) is 22.8 Å². The van der Waals surface area contributed by atoms with Gasteiger partial charge in [0.05, 0.1) is 5.92 Å². The maximum absolute atomic E-state index is 11.9. The molecule has 1 N–H and O–H groups in total. The highest BCUT2D eigenvalue weighted by Crippen LogP contribution is 2.29. The van der Waals surface area contributed by atoms with Gasteiger partial charge in [-0.25, -0.2) is 0 Å². The van der Waals surface area contributed by atoms with Crippen molar-refractivity contribution in [2.24, 2.45) is 11.8 Å². The van der Waals surface area contributed by atoms with Gasteiger partial charge in [-0.15, -0.1) is 0 Å². The lowest BCUT2D eigenvalue weighted by molar-refractivity contribution is -0.143. The van der Waals surface area contributed by atoms with Gasteiger partial charge >= 0.3 is 5.97 Å². The van der Waals surface area contributed by atoms with E-state index >= 15 is 0 Å². The van der Waals surface area contributed by atoms with Crippen LogP contribution in [0.15, 0.2) is 24.3 Å². The lowest BCUT2D eigenvalue weighted by Gasteiger charge is -2.26. The van der Waals surface area contributed by atoms with E-state index in [4.69, 9.17) is 5.11 Å². The van der Waals surface area contributed by atoms with Crippen molar-refractivity contribution in [3.8, 4) is 0 Å². The first-order valence-electron chi connectivity index (χ1n) is 4.96. The van der Waals surface area contributed by atoms with Crippen LogP contribution in [0.3, 0.4) is 0 Å². The normalized spacial score (nSPS) is 24.7. The largest absolute Gasteiger partial charge is 0.481 e. The average molecular weight is 204 g/mol. The Kier molecular flexibility index (Phi) is 2.31. The van der Waals surface area contributed by atoms with Gasteiger partial charge in [-0.05, 0) is 12.0 Å². The zero-order valence-corrected chi connectivity index (χ0v) is 8.43. The molecule has 0 radical (unpaired) electrons. The van der Waals surface area contributed by atoms with Crippen LogP contribution < -0.4 is 0 Å². The van der Waals surface area contributed by atoms with Gasteiger partial charge in [-0.2, -0.15) is 0 Å². The highest BCUT2D eigenvalue weighted by molar-refractivity contribution is 6.02. The monoisotopic (exact) mass is 204 g/mol. The predicted molar refractivity (Wildman–Crippen MR) is 54.8 cm³/mol. The first kappa shape index (κ1) is 9.90. The molecule has 1 aromatic rings. The molecule has 2 rings (SSSR count). The van der Waals surface area contributed by atoms with Crippen LogP contribution in [0.5, 0.6) is 0 Å². The summed E-state index contributed by atoms with van der Waals surface area (Å²) in [5.41, 5.74) is 1.54. The van der Waals surface area contributed by atoms with Gasteiger partial charge in [-0.3, -0.25) is 9.59 Å². The van der Waals surface area contributed by atoms with Crippen LogP contribution in [-0.4, -0.2) is 16.9 Å². The summed E-state index contributed by atoms with van der Waals surface area (Å²) in [7, 11) is 0. The van der Waals surface area contributed by atoms with Crippen molar-refractivity contribution in [3.05, 3.63) is 35.4 Å². The summed E-state index contributed by atoms with van der Waals surface area (Å²) in [5.74, 6) is -1.93. The Hall–Kier alpha value is -1.64. The lowest BCUT2D eigenvalue weighted by Crippen LogP contribution is -2.34. The van der Waals surface area contributed by atoms with Crippen LogP contribution in [0, 0.1) is 11.8 Å².